The Kier molecular flexibility index (Phi) is 7.05. The number of hydrogen-bond acceptors (Lipinski definition) is 4. The molecule has 170 valence electrons. The first-order valence-corrected chi connectivity index (χ1v) is 10.4. The number of carbonyl (C=O) groups is 1. The summed E-state index contributed by atoms with van der Waals surface area (Å²) >= 11 is 0. The molecular weight excluding hydrogens is 415 g/mol. The second-order valence-corrected chi connectivity index (χ2v) is 8.85. The topological polar surface area (TPSA) is 56.8 Å². The van der Waals surface area contributed by atoms with E-state index in [-0.39, 0.29) is 18.7 Å². The molecule has 0 unspecified atom stereocenters. The zero-order chi connectivity index (χ0) is 23.5. The van der Waals surface area contributed by atoms with E-state index in [1.165, 1.54) is 12.1 Å². The van der Waals surface area contributed by atoms with Crippen LogP contribution in [0, 0.1) is 18.6 Å². The summed E-state index contributed by atoms with van der Waals surface area (Å²) in [7, 11) is -0.820. The number of halogens is 2. The first kappa shape index (κ1) is 23.9. The summed E-state index contributed by atoms with van der Waals surface area (Å²) in [6, 6.07) is 11.5. The van der Waals surface area contributed by atoms with Crippen molar-refractivity contribution in [2.45, 2.75) is 52.4 Å². The molecule has 1 saturated heterocycles. The molecule has 1 N–H and O–H groups in total. The van der Waals surface area contributed by atoms with Gasteiger partial charge in [-0.25, -0.2) is 13.6 Å². The smallest absolute Gasteiger partial charge is 0.445 e. The molecule has 32 heavy (non-hydrogen) atoms. The summed E-state index contributed by atoms with van der Waals surface area (Å²) in [6.07, 6.45) is 0.883. The number of amides is 1. The van der Waals surface area contributed by atoms with E-state index >= 15 is 0 Å². The molecule has 0 atom stereocenters. The number of benzene rings is 2. The fraction of sp³-hybridized carbons (Fsp3) is 0.375. The highest BCUT2D eigenvalue weighted by atomic mass is 19.1. The van der Waals surface area contributed by atoms with Crippen molar-refractivity contribution in [3.05, 3.63) is 76.3 Å². The molecule has 2 aromatic carbocycles. The molecule has 2 aromatic rings. The van der Waals surface area contributed by atoms with Gasteiger partial charge in [0.1, 0.15) is 18.2 Å². The highest BCUT2D eigenvalue weighted by molar-refractivity contribution is 6.56. The Labute approximate surface area is 187 Å². The molecule has 0 radical (unpaired) electrons. The number of carbonyl (C=O) groups excluding carboxylic acids is 1. The van der Waals surface area contributed by atoms with Crippen LogP contribution in [0.1, 0.15) is 44.4 Å². The van der Waals surface area contributed by atoms with Gasteiger partial charge in [0, 0.05) is 18.2 Å². The van der Waals surface area contributed by atoms with Gasteiger partial charge in [-0.3, -0.25) is 0 Å². The Bertz CT molecular complexity index is 993. The number of aryl methyl sites for hydroxylation is 1. The van der Waals surface area contributed by atoms with Crippen molar-refractivity contribution in [2.75, 3.05) is 6.54 Å². The summed E-state index contributed by atoms with van der Waals surface area (Å²) in [4.78, 5) is 12.2. The lowest BCUT2D eigenvalue weighted by Gasteiger charge is -2.32. The van der Waals surface area contributed by atoms with Crippen LogP contribution in [-0.4, -0.2) is 31.0 Å². The zero-order valence-corrected chi connectivity index (χ0v) is 19.0. The fourth-order valence-electron chi connectivity index (χ4n) is 3.14. The number of ether oxygens (including phenoxy) is 1. The van der Waals surface area contributed by atoms with Gasteiger partial charge < -0.3 is 19.4 Å². The molecule has 0 bridgehead atoms. The molecule has 1 amide bonds. The molecule has 3 rings (SSSR count). The Morgan fingerprint density at radius 2 is 1.69 bits per heavy atom. The molecule has 0 saturated carbocycles. The number of rotatable bonds is 6. The van der Waals surface area contributed by atoms with Crippen LogP contribution in [0.4, 0.5) is 13.6 Å². The van der Waals surface area contributed by atoms with E-state index in [9.17, 15) is 13.6 Å². The van der Waals surface area contributed by atoms with Gasteiger partial charge in [-0.15, -0.1) is 0 Å². The second kappa shape index (κ2) is 9.42. The van der Waals surface area contributed by atoms with Crippen LogP contribution in [0.3, 0.4) is 0 Å². The van der Waals surface area contributed by atoms with E-state index < -0.39 is 36.0 Å². The molecular formula is C24H28BF2NO4. The van der Waals surface area contributed by atoms with E-state index in [0.29, 0.717) is 11.0 Å². The van der Waals surface area contributed by atoms with Crippen molar-refractivity contribution in [3.63, 3.8) is 0 Å². The summed E-state index contributed by atoms with van der Waals surface area (Å²) in [5.74, 6) is -1.34. The lowest BCUT2D eigenvalue weighted by Crippen LogP contribution is -2.41. The fourth-order valence-corrected chi connectivity index (χ4v) is 3.14. The third-order valence-electron chi connectivity index (χ3n) is 5.82. The van der Waals surface area contributed by atoms with Crippen LogP contribution >= 0.6 is 0 Å². The van der Waals surface area contributed by atoms with Crippen molar-refractivity contribution in [1.29, 1.82) is 0 Å². The Hall–Kier alpha value is -2.71. The minimum Gasteiger partial charge on any atom is -0.445 e. The Morgan fingerprint density at radius 1 is 1.06 bits per heavy atom. The van der Waals surface area contributed by atoms with Crippen molar-refractivity contribution in [3.8, 4) is 0 Å². The highest BCUT2D eigenvalue weighted by Crippen LogP contribution is 2.38. The monoisotopic (exact) mass is 443 g/mol. The summed E-state index contributed by atoms with van der Waals surface area (Å²) in [6.45, 7) is 9.27. The summed E-state index contributed by atoms with van der Waals surface area (Å²) in [5.41, 5.74) is 0.566. The van der Waals surface area contributed by atoms with Crippen LogP contribution in [0.2, 0.25) is 0 Å². The Morgan fingerprint density at radius 3 is 2.31 bits per heavy atom. The van der Waals surface area contributed by atoms with E-state index in [2.05, 4.69) is 5.32 Å². The number of hydrogen-bond donors (Lipinski definition) is 1. The maximum atomic E-state index is 14.4. The molecule has 8 heteroatoms. The third-order valence-corrected chi connectivity index (χ3v) is 5.82. The van der Waals surface area contributed by atoms with Crippen molar-refractivity contribution in [2.24, 2.45) is 0 Å². The van der Waals surface area contributed by atoms with Gasteiger partial charge in [0.2, 0.25) is 0 Å². The van der Waals surface area contributed by atoms with Gasteiger partial charge in [0.15, 0.2) is 0 Å². The maximum absolute atomic E-state index is 14.4. The van der Waals surface area contributed by atoms with Gasteiger partial charge in [0.05, 0.1) is 11.2 Å². The molecule has 1 aliphatic heterocycles. The summed E-state index contributed by atoms with van der Waals surface area (Å²) in [5, 5.41) is 2.66. The lowest BCUT2D eigenvalue weighted by atomic mass is 9.77. The Balaban J connectivity index is 1.78. The van der Waals surface area contributed by atoms with Gasteiger partial charge >= 0.3 is 13.2 Å². The summed E-state index contributed by atoms with van der Waals surface area (Å²) < 4.78 is 45.5. The minimum absolute atomic E-state index is 0.000311. The number of nitrogens with one attached hydrogen (secondary N) is 1. The van der Waals surface area contributed by atoms with Crippen LogP contribution in [-0.2, 0) is 20.7 Å². The first-order valence-electron chi connectivity index (χ1n) is 10.4. The van der Waals surface area contributed by atoms with Crippen molar-refractivity contribution in [1.82, 2.24) is 5.32 Å². The SMILES string of the molecule is Cc1cc(C=C(CNC(=O)OCc2ccccc2)B2OC(C)(C)C(C)(C)O2)c(F)cc1F. The zero-order valence-electron chi connectivity index (χ0n) is 19.0. The molecule has 1 fully saturated rings. The normalized spacial score (nSPS) is 17.3. The quantitative estimate of drug-likeness (QED) is 0.623. The predicted molar refractivity (Wildman–Crippen MR) is 120 cm³/mol. The maximum Gasteiger partial charge on any atom is 0.492 e. The van der Waals surface area contributed by atoms with Crippen LogP contribution in [0.25, 0.3) is 6.08 Å². The average molecular weight is 443 g/mol. The van der Waals surface area contributed by atoms with E-state index in [0.717, 1.165) is 11.6 Å². The van der Waals surface area contributed by atoms with E-state index in [4.69, 9.17) is 14.0 Å². The van der Waals surface area contributed by atoms with Crippen LogP contribution in [0.15, 0.2) is 47.9 Å². The van der Waals surface area contributed by atoms with E-state index in [1.54, 1.807) is 6.92 Å². The molecule has 1 heterocycles. The van der Waals surface area contributed by atoms with Crippen LogP contribution in [0.5, 0.6) is 0 Å². The average Bonchev–Trinajstić information content (AvgIpc) is 2.95. The second-order valence-electron chi connectivity index (χ2n) is 8.85. The molecule has 0 aromatic heterocycles. The van der Waals surface area contributed by atoms with Gasteiger partial charge in [-0.2, -0.15) is 0 Å². The lowest BCUT2D eigenvalue weighted by molar-refractivity contribution is 0.00578. The molecule has 5 nitrogen and oxygen atoms in total. The molecule has 0 aliphatic carbocycles. The van der Waals surface area contributed by atoms with Gasteiger partial charge in [-0.05, 0) is 57.3 Å². The highest BCUT2D eigenvalue weighted by Gasteiger charge is 2.52. The molecule has 0 spiro atoms. The standard InChI is InChI=1S/C24H28BF2NO4/c1-16-11-18(21(27)13-20(16)26)12-19(25-31-23(2,3)24(4,5)32-25)14-28-22(29)30-15-17-9-7-6-8-10-17/h6-13H,14-15H2,1-5H3,(H,28,29). The minimum atomic E-state index is -0.820. The van der Waals surface area contributed by atoms with Crippen LogP contribution < -0.4 is 5.32 Å². The number of alkyl carbamates (subject to hydrolysis) is 1. The van der Waals surface area contributed by atoms with Crippen molar-refractivity contribution >= 4 is 19.3 Å². The molecule has 1 aliphatic rings. The third kappa shape index (κ3) is 5.55. The van der Waals surface area contributed by atoms with Crippen molar-refractivity contribution < 1.29 is 27.6 Å². The van der Waals surface area contributed by atoms with E-state index in [1.807, 2.05) is 58.0 Å². The van der Waals surface area contributed by atoms with Gasteiger partial charge in [-0.1, -0.05) is 36.4 Å². The predicted octanol–water partition coefficient (Wildman–Crippen LogP) is 5.21. The van der Waals surface area contributed by atoms with Gasteiger partial charge in [0.25, 0.3) is 0 Å². The first-order chi connectivity index (χ1) is 15.0. The largest absolute Gasteiger partial charge is 0.492 e.